The molecule has 0 aromatic heterocycles. The lowest BCUT2D eigenvalue weighted by Gasteiger charge is -1.83. The normalized spacial score (nSPS) is 17.9. The summed E-state index contributed by atoms with van der Waals surface area (Å²) in [6.07, 6.45) is 1.42. The Morgan fingerprint density at radius 2 is 2.57 bits per heavy atom. The first-order chi connectivity index (χ1) is 3.29. The zero-order chi connectivity index (χ0) is 5.28. The molecule has 1 aliphatic rings. The van der Waals surface area contributed by atoms with Crippen LogP contribution in [0.15, 0.2) is 10.8 Å². The second-order valence-corrected chi connectivity index (χ2v) is 1.89. The van der Waals surface area contributed by atoms with Crippen LogP contribution in [0.2, 0.25) is 0 Å². The van der Waals surface area contributed by atoms with Crippen LogP contribution in [-0.4, -0.2) is 6.03 Å². The molecule has 1 rings (SSSR count). The van der Waals surface area contributed by atoms with Gasteiger partial charge in [0.05, 0.1) is 6.20 Å². The van der Waals surface area contributed by atoms with E-state index in [2.05, 4.69) is 26.6 Å². The van der Waals surface area contributed by atoms with Gasteiger partial charge in [-0.1, -0.05) is 0 Å². The highest BCUT2D eigenvalue weighted by Crippen LogP contribution is 2.02. The quantitative estimate of drug-likeness (QED) is 0.518. The Labute approximate surface area is 48.9 Å². The molecule has 0 fully saturated rings. The first kappa shape index (κ1) is 4.64. The number of carbonyl (C=O) groups excluding carboxylic acids is 1. The number of nitrogens with one attached hydrogen (secondary N) is 1. The van der Waals surface area contributed by atoms with Gasteiger partial charge in [-0.2, -0.15) is 5.32 Å². The van der Waals surface area contributed by atoms with Crippen LogP contribution in [0.5, 0.6) is 0 Å². The SMILES string of the molecule is O=C1[N]C=C(Br)N1. The largest absolute Gasteiger partial charge is 0.345 e. The van der Waals surface area contributed by atoms with Gasteiger partial charge in [0.15, 0.2) is 0 Å². The molecule has 1 aliphatic heterocycles. The standard InChI is InChI=1S/C3H2BrN2O/c4-2-1-5-3(7)6-2/h1H,(H,6,7). The Hall–Kier alpha value is -0.510. The molecule has 0 aromatic rings. The zero-order valence-electron chi connectivity index (χ0n) is 3.31. The summed E-state index contributed by atoms with van der Waals surface area (Å²) in [6.45, 7) is 0. The topological polar surface area (TPSA) is 43.2 Å². The molecule has 0 aliphatic carbocycles. The molecule has 0 aromatic carbocycles. The summed E-state index contributed by atoms with van der Waals surface area (Å²) in [5.41, 5.74) is 0. The van der Waals surface area contributed by atoms with E-state index in [4.69, 9.17) is 0 Å². The van der Waals surface area contributed by atoms with E-state index in [-0.39, 0.29) is 6.03 Å². The molecule has 1 heterocycles. The highest BCUT2D eigenvalue weighted by atomic mass is 79.9. The number of hydrogen-bond acceptors (Lipinski definition) is 1. The van der Waals surface area contributed by atoms with E-state index < -0.39 is 0 Å². The van der Waals surface area contributed by atoms with Gasteiger partial charge in [0.25, 0.3) is 0 Å². The lowest BCUT2D eigenvalue weighted by atomic mass is 11.0. The molecule has 0 unspecified atom stereocenters. The van der Waals surface area contributed by atoms with Crippen molar-refractivity contribution in [2.75, 3.05) is 0 Å². The van der Waals surface area contributed by atoms with Crippen molar-refractivity contribution < 1.29 is 4.79 Å². The van der Waals surface area contributed by atoms with E-state index in [0.717, 1.165) is 0 Å². The number of amides is 2. The third kappa shape index (κ3) is 0.928. The van der Waals surface area contributed by atoms with Gasteiger partial charge in [-0.05, 0) is 15.9 Å². The summed E-state index contributed by atoms with van der Waals surface area (Å²) in [6, 6.07) is -0.313. The molecule has 7 heavy (non-hydrogen) atoms. The molecule has 1 radical (unpaired) electrons. The van der Waals surface area contributed by atoms with Crippen LogP contribution >= 0.6 is 15.9 Å². The Morgan fingerprint density at radius 1 is 1.86 bits per heavy atom. The molecule has 0 spiro atoms. The number of rotatable bonds is 0. The fraction of sp³-hybridized carbons (Fsp3) is 0. The van der Waals surface area contributed by atoms with Gasteiger partial charge in [0.1, 0.15) is 4.61 Å². The van der Waals surface area contributed by atoms with Crippen LogP contribution < -0.4 is 10.6 Å². The second kappa shape index (κ2) is 1.54. The van der Waals surface area contributed by atoms with E-state index in [1.165, 1.54) is 6.20 Å². The molecule has 0 atom stereocenters. The van der Waals surface area contributed by atoms with Gasteiger partial charge in [0.2, 0.25) is 0 Å². The molecule has 3 nitrogen and oxygen atoms in total. The molecule has 2 amide bonds. The molecule has 0 bridgehead atoms. The number of hydrogen-bond donors (Lipinski definition) is 1. The average molecular weight is 162 g/mol. The molecular formula is C3H2BrN2O. The maximum absolute atomic E-state index is 10.1. The van der Waals surface area contributed by atoms with Crippen LogP contribution in [0.1, 0.15) is 0 Å². The monoisotopic (exact) mass is 161 g/mol. The smallest absolute Gasteiger partial charge is 0.299 e. The summed E-state index contributed by atoms with van der Waals surface area (Å²) in [5, 5.41) is 5.75. The number of urea groups is 1. The fourth-order valence-electron chi connectivity index (χ4n) is 0.282. The number of nitrogens with zero attached hydrogens (tertiary/aromatic N) is 1. The minimum absolute atomic E-state index is 0.313. The van der Waals surface area contributed by atoms with Crippen molar-refractivity contribution in [1.29, 1.82) is 0 Å². The number of halogens is 1. The van der Waals surface area contributed by atoms with Crippen LogP contribution in [0.3, 0.4) is 0 Å². The Bertz CT molecular complexity index is 131. The van der Waals surface area contributed by atoms with Gasteiger partial charge in [-0.3, -0.25) is 5.32 Å². The summed E-state index contributed by atoms with van der Waals surface area (Å²) >= 11 is 3.01. The van der Waals surface area contributed by atoms with E-state index in [9.17, 15) is 4.79 Å². The molecule has 4 heteroatoms. The summed E-state index contributed by atoms with van der Waals surface area (Å²) in [4.78, 5) is 10.1. The third-order valence-corrected chi connectivity index (χ3v) is 0.924. The first-order valence-electron chi connectivity index (χ1n) is 1.66. The zero-order valence-corrected chi connectivity index (χ0v) is 4.90. The molecule has 0 saturated carbocycles. The van der Waals surface area contributed by atoms with Gasteiger partial charge in [-0.25, -0.2) is 4.79 Å². The highest BCUT2D eigenvalue weighted by Gasteiger charge is 2.07. The Kier molecular flexibility index (Phi) is 1.02. The molecule has 37 valence electrons. The van der Waals surface area contributed by atoms with E-state index in [1.807, 2.05) is 0 Å². The van der Waals surface area contributed by atoms with Crippen LogP contribution in [0.4, 0.5) is 4.79 Å². The molecular weight excluding hydrogens is 160 g/mol. The van der Waals surface area contributed by atoms with Gasteiger partial charge in [0, 0.05) is 0 Å². The Morgan fingerprint density at radius 3 is 2.71 bits per heavy atom. The van der Waals surface area contributed by atoms with Crippen molar-refractivity contribution in [2.24, 2.45) is 0 Å². The van der Waals surface area contributed by atoms with Crippen LogP contribution in [0.25, 0.3) is 0 Å². The summed E-state index contributed by atoms with van der Waals surface area (Å²) in [7, 11) is 0. The van der Waals surface area contributed by atoms with Crippen molar-refractivity contribution in [2.45, 2.75) is 0 Å². The predicted octanol–water partition coefficient (Wildman–Crippen LogP) is 0.508. The van der Waals surface area contributed by atoms with Crippen LogP contribution in [-0.2, 0) is 0 Å². The highest BCUT2D eigenvalue weighted by molar-refractivity contribution is 9.11. The van der Waals surface area contributed by atoms with Crippen molar-refractivity contribution in [3.05, 3.63) is 10.8 Å². The first-order valence-corrected chi connectivity index (χ1v) is 2.46. The second-order valence-electron chi connectivity index (χ2n) is 1.04. The maximum Gasteiger partial charge on any atom is 0.345 e. The molecule has 1 N–H and O–H groups in total. The summed E-state index contributed by atoms with van der Waals surface area (Å²) in [5.74, 6) is 0. The maximum atomic E-state index is 10.1. The Balaban J connectivity index is 2.58. The van der Waals surface area contributed by atoms with Crippen molar-refractivity contribution in [3.8, 4) is 0 Å². The van der Waals surface area contributed by atoms with Crippen molar-refractivity contribution in [1.82, 2.24) is 10.6 Å². The van der Waals surface area contributed by atoms with Gasteiger partial charge >= 0.3 is 6.03 Å². The van der Waals surface area contributed by atoms with Gasteiger partial charge in [-0.15, -0.1) is 0 Å². The minimum Gasteiger partial charge on any atom is -0.299 e. The average Bonchev–Trinajstić information content (AvgIpc) is 1.87. The van der Waals surface area contributed by atoms with Crippen molar-refractivity contribution >= 4 is 22.0 Å². The number of carbonyl (C=O) groups is 1. The van der Waals surface area contributed by atoms with E-state index in [1.54, 1.807) is 0 Å². The third-order valence-electron chi connectivity index (χ3n) is 0.521. The van der Waals surface area contributed by atoms with Crippen LogP contribution in [0, 0.1) is 0 Å². The lowest BCUT2D eigenvalue weighted by molar-refractivity contribution is 0.248. The molecule has 0 saturated heterocycles. The van der Waals surface area contributed by atoms with E-state index in [0.29, 0.717) is 4.61 Å². The van der Waals surface area contributed by atoms with Gasteiger partial charge < -0.3 is 0 Å². The van der Waals surface area contributed by atoms with E-state index >= 15 is 0 Å². The summed E-state index contributed by atoms with van der Waals surface area (Å²) < 4.78 is 0.623. The minimum atomic E-state index is -0.313. The fourth-order valence-corrected chi connectivity index (χ4v) is 0.554. The lowest BCUT2D eigenvalue weighted by Crippen LogP contribution is -2.16. The van der Waals surface area contributed by atoms with Crippen molar-refractivity contribution in [3.63, 3.8) is 0 Å². The predicted molar refractivity (Wildman–Crippen MR) is 27.7 cm³/mol.